The first kappa shape index (κ1) is 12.4. The molecule has 0 radical (unpaired) electrons. The summed E-state index contributed by atoms with van der Waals surface area (Å²) in [5.41, 5.74) is 4.69. The second-order valence-electron chi connectivity index (χ2n) is 3.70. The van der Waals surface area contributed by atoms with Crippen LogP contribution >= 0.6 is 11.8 Å². The van der Waals surface area contributed by atoms with Gasteiger partial charge in [0.1, 0.15) is 6.33 Å². The molecule has 0 amide bonds. The number of nitrogens with zero attached hydrogens (tertiary/aromatic N) is 2. The molecule has 1 unspecified atom stereocenters. The van der Waals surface area contributed by atoms with Crippen molar-refractivity contribution in [2.45, 2.75) is 30.4 Å². The van der Waals surface area contributed by atoms with Gasteiger partial charge in [0.05, 0.1) is 10.6 Å². The van der Waals surface area contributed by atoms with Gasteiger partial charge in [-0.05, 0) is 31.6 Å². The third-order valence-electron chi connectivity index (χ3n) is 2.10. The van der Waals surface area contributed by atoms with E-state index in [0.29, 0.717) is 6.54 Å². The van der Waals surface area contributed by atoms with Crippen molar-refractivity contribution in [3.63, 3.8) is 0 Å². The minimum Gasteiger partial charge on any atom is -0.389 e. The topological polar surface area (TPSA) is 72.0 Å². The van der Waals surface area contributed by atoms with E-state index in [1.54, 1.807) is 31.2 Å². The highest BCUT2D eigenvalue weighted by Gasteiger charge is 2.16. The number of aromatic nitrogens is 2. The molecule has 15 heavy (non-hydrogen) atoms. The zero-order chi connectivity index (χ0) is 11.1. The molecule has 0 saturated carbocycles. The van der Waals surface area contributed by atoms with Crippen LogP contribution in [0.4, 0.5) is 0 Å². The van der Waals surface area contributed by atoms with Gasteiger partial charge >= 0.3 is 0 Å². The lowest BCUT2D eigenvalue weighted by molar-refractivity contribution is 0.0596. The van der Waals surface area contributed by atoms with Gasteiger partial charge in [0.2, 0.25) is 0 Å². The summed E-state index contributed by atoms with van der Waals surface area (Å²) in [7, 11) is 0. The fraction of sp³-hybridized carbons (Fsp3) is 0.600. The lowest BCUT2D eigenvalue weighted by atomic mass is 10.0. The molecule has 0 spiro atoms. The Morgan fingerprint density at radius 2 is 2.40 bits per heavy atom. The molecule has 1 heterocycles. The van der Waals surface area contributed by atoms with Crippen molar-refractivity contribution in [1.29, 1.82) is 0 Å². The van der Waals surface area contributed by atoms with E-state index in [0.717, 1.165) is 23.6 Å². The third-order valence-corrected chi connectivity index (χ3v) is 3.13. The number of thioether (sulfide) groups is 1. The normalized spacial score (nSPS) is 14.9. The van der Waals surface area contributed by atoms with Crippen molar-refractivity contribution in [3.8, 4) is 0 Å². The molecule has 4 nitrogen and oxygen atoms in total. The molecule has 3 N–H and O–H groups in total. The molecule has 0 aromatic carbocycles. The molecular formula is C10H17N3OS. The molecular weight excluding hydrogens is 210 g/mol. The number of hydrogen-bond donors (Lipinski definition) is 2. The third kappa shape index (κ3) is 5.11. The second-order valence-corrected chi connectivity index (χ2v) is 4.82. The number of aliphatic hydroxyl groups is 1. The molecule has 0 fully saturated rings. The van der Waals surface area contributed by atoms with E-state index in [2.05, 4.69) is 9.97 Å². The summed E-state index contributed by atoms with van der Waals surface area (Å²) in [5.74, 6) is 0.938. The summed E-state index contributed by atoms with van der Waals surface area (Å²) in [6, 6.07) is 1.88. The molecule has 1 atom stereocenters. The Kier molecular flexibility index (Phi) is 5.01. The van der Waals surface area contributed by atoms with Gasteiger partial charge in [-0.15, -0.1) is 11.8 Å². The Bertz CT molecular complexity index is 279. The number of nitrogens with two attached hydrogens (primary N) is 1. The number of hydrogen-bond acceptors (Lipinski definition) is 5. The summed E-state index contributed by atoms with van der Waals surface area (Å²) in [6.45, 7) is 2.08. The first-order valence-corrected chi connectivity index (χ1v) is 5.94. The predicted octanol–water partition coefficient (Wildman–Crippen LogP) is 1.06. The Labute approximate surface area is 94.3 Å². The number of rotatable bonds is 6. The monoisotopic (exact) mass is 227 g/mol. The lowest BCUT2D eigenvalue weighted by Gasteiger charge is -2.20. The molecule has 1 aromatic rings. The predicted molar refractivity (Wildman–Crippen MR) is 61.7 cm³/mol. The molecule has 1 aromatic heterocycles. The first-order valence-electron chi connectivity index (χ1n) is 4.95. The average Bonchev–Trinajstić information content (AvgIpc) is 2.26. The largest absolute Gasteiger partial charge is 0.389 e. The Hall–Kier alpha value is -0.650. The maximum Gasteiger partial charge on any atom is 0.116 e. The second kappa shape index (κ2) is 6.05. The Morgan fingerprint density at radius 1 is 1.60 bits per heavy atom. The molecule has 5 heteroatoms. The van der Waals surface area contributed by atoms with Gasteiger partial charge in [0.25, 0.3) is 0 Å². The molecule has 0 aliphatic heterocycles. The van der Waals surface area contributed by atoms with E-state index in [4.69, 9.17) is 5.73 Å². The lowest BCUT2D eigenvalue weighted by Crippen LogP contribution is -2.34. The van der Waals surface area contributed by atoms with Crippen LogP contribution in [0.15, 0.2) is 23.6 Å². The summed E-state index contributed by atoms with van der Waals surface area (Å²) < 4.78 is 0. The van der Waals surface area contributed by atoms with E-state index in [9.17, 15) is 5.11 Å². The van der Waals surface area contributed by atoms with Gasteiger partial charge < -0.3 is 10.8 Å². The minimum atomic E-state index is -0.730. The standard InChI is InChI=1S/C10H17N3OS/c1-10(14,7-11)4-2-6-15-9-3-5-12-8-13-9/h3,5,8,14H,2,4,6-7,11H2,1H3. The van der Waals surface area contributed by atoms with Gasteiger partial charge in [-0.25, -0.2) is 9.97 Å². The van der Waals surface area contributed by atoms with E-state index in [1.165, 1.54) is 0 Å². The fourth-order valence-corrected chi connectivity index (χ4v) is 1.87. The van der Waals surface area contributed by atoms with E-state index in [1.807, 2.05) is 6.07 Å². The quantitative estimate of drug-likeness (QED) is 0.432. The van der Waals surface area contributed by atoms with Crippen molar-refractivity contribution in [3.05, 3.63) is 18.6 Å². The van der Waals surface area contributed by atoms with Crippen LogP contribution in [0, 0.1) is 0 Å². The first-order chi connectivity index (χ1) is 7.14. The van der Waals surface area contributed by atoms with Crippen LogP contribution in [0.3, 0.4) is 0 Å². The van der Waals surface area contributed by atoms with Gasteiger partial charge in [0.15, 0.2) is 0 Å². The van der Waals surface area contributed by atoms with Crippen LogP contribution in [-0.2, 0) is 0 Å². The maximum absolute atomic E-state index is 9.66. The van der Waals surface area contributed by atoms with Crippen molar-refractivity contribution in [2.75, 3.05) is 12.3 Å². The smallest absolute Gasteiger partial charge is 0.116 e. The summed E-state index contributed by atoms with van der Waals surface area (Å²) in [4.78, 5) is 7.94. The summed E-state index contributed by atoms with van der Waals surface area (Å²) in [6.07, 6.45) is 4.92. The van der Waals surface area contributed by atoms with Crippen molar-refractivity contribution in [2.24, 2.45) is 5.73 Å². The summed E-state index contributed by atoms with van der Waals surface area (Å²) >= 11 is 1.67. The van der Waals surface area contributed by atoms with Crippen molar-refractivity contribution >= 4 is 11.8 Å². The fourth-order valence-electron chi connectivity index (χ4n) is 1.10. The minimum absolute atomic E-state index is 0.311. The Morgan fingerprint density at radius 3 is 3.00 bits per heavy atom. The average molecular weight is 227 g/mol. The van der Waals surface area contributed by atoms with E-state index >= 15 is 0 Å². The highest BCUT2D eigenvalue weighted by molar-refractivity contribution is 7.99. The summed E-state index contributed by atoms with van der Waals surface area (Å²) in [5, 5.41) is 10.6. The van der Waals surface area contributed by atoms with Gasteiger partial charge in [0, 0.05) is 12.7 Å². The maximum atomic E-state index is 9.66. The van der Waals surface area contributed by atoms with Crippen LogP contribution in [0.2, 0.25) is 0 Å². The van der Waals surface area contributed by atoms with Crippen LogP contribution < -0.4 is 5.73 Å². The SMILES string of the molecule is CC(O)(CN)CCCSc1ccncn1. The van der Waals surface area contributed by atoms with E-state index in [-0.39, 0.29) is 0 Å². The van der Waals surface area contributed by atoms with Gasteiger partial charge in [-0.2, -0.15) is 0 Å². The molecule has 0 aliphatic carbocycles. The molecule has 0 aliphatic rings. The van der Waals surface area contributed by atoms with Gasteiger partial charge in [-0.3, -0.25) is 0 Å². The molecule has 0 saturated heterocycles. The zero-order valence-corrected chi connectivity index (χ0v) is 9.70. The van der Waals surface area contributed by atoms with Crippen molar-refractivity contribution < 1.29 is 5.11 Å². The van der Waals surface area contributed by atoms with Gasteiger partial charge in [-0.1, -0.05) is 0 Å². The van der Waals surface area contributed by atoms with Crippen LogP contribution in [0.5, 0.6) is 0 Å². The van der Waals surface area contributed by atoms with Crippen molar-refractivity contribution in [1.82, 2.24) is 9.97 Å². The Balaban J connectivity index is 2.18. The highest BCUT2D eigenvalue weighted by Crippen LogP contribution is 2.18. The zero-order valence-electron chi connectivity index (χ0n) is 8.89. The molecule has 84 valence electrons. The van der Waals surface area contributed by atoms with Crippen LogP contribution in [0.25, 0.3) is 0 Å². The van der Waals surface area contributed by atoms with E-state index < -0.39 is 5.60 Å². The highest BCUT2D eigenvalue weighted by atomic mass is 32.2. The van der Waals surface area contributed by atoms with Crippen LogP contribution in [-0.4, -0.2) is 33.0 Å². The molecule has 0 bridgehead atoms. The van der Waals surface area contributed by atoms with Crippen LogP contribution in [0.1, 0.15) is 19.8 Å². The molecule has 1 rings (SSSR count).